The van der Waals surface area contributed by atoms with Gasteiger partial charge in [-0.25, -0.2) is 4.79 Å². The van der Waals surface area contributed by atoms with Gasteiger partial charge in [-0.3, -0.25) is 0 Å². The molecule has 1 N–H and O–H groups in total. The zero-order valence-electron chi connectivity index (χ0n) is 7.19. The minimum atomic E-state index is -0.398. The Kier molecular flexibility index (Phi) is 3.56. The molecule has 0 atom stereocenters. The minimum absolute atomic E-state index is 0.398. The molecule has 0 aliphatic rings. The lowest BCUT2D eigenvalue weighted by molar-refractivity contribution is -0.134. The molecule has 1 heterocycles. The highest BCUT2D eigenvalue weighted by molar-refractivity contribution is 5.81. The molecule has 1 aromatic rings. The van der Waals surface area contributed by atoms with Crippen LogP contribution in [0.25, 0.3) is 0 Å². The number of nitrogens with zero attached hydrogens (tertiary/aromatic N) is 1. The summed E-state index contributed by atoms with van der Waals surface area (Å²) >= 11 is 0. The summed E-state index contributed by atoms with van der Waals surface area (Å²) in [6, 6.07) is 1.74. The first kappa shape index (κ1) is 9.31. The van der Waals surface area contributed by atoms with E-state index in [4.69, 9.17) is 4.52 Å². The fourth-order valence-electron chi connectivity index (χ4n) is 0.688. The molecule has 5 heteroatoms. The van der Waals surface area contributed by atoms with Crippen molar-refractivity contribution in [2.45, 2.75) is 6.54 Å². The zero-order chi connectivity index (χ0) is 9.52. The number of hydrogen-bond acceptors (Lipinski definition) is 5. The molecule has 0 fully saturated rings. The zero-order valence-corrected chi connectivity index (χ0v) is 7.19. The predicted molar refractivity (Wildman–Crippen MR) is 44.5 cm³/mol. The summed E-state index contributed by atoms with van der Waals surface area (Å²) in [6.45, 7) is 0.494. The highest BCUT2D eigenvalue weighted by Gasteiger charge is 1.93. The van der Waals surface area contributed by atoms with Crippen LogP contribution in [0.2, 0.25) is 0 Å². The van der Waals surface area contributed by atoms with Crippen molar-refractivity contribution in [1.29, 1.82) is 0 Å². The first-order chi connectivity index (χ1) is 6.33. The van der Waals surface area contributed by atoms with Crippen LogP contribution in [0.1, 0.15) is 5.76 Å². The molecule has 1 aromatic heterocycles. The lowest BCUT2D eigenvalue weighted by atomic mass is 10.4. The first-order valence-electron chi connectivity index (χ1n) is 3.70. The Bertz CT molecular complexity index is 280. The van der Waals surface area contributed by atoms with E-state index in [1.165, 1.54) is 19.4 Å². The predicted octanol–water partition coefficient (Wildman–Crippen LogP) is 0.451. The molecular weight excluding hydrogens is 172 g/mol. The number of hydrogen-bond donors (Lipinski definition) is 1. The third kappa shape index (κ3) is 3.42. The number of esters is 1. The van der Waals surface area contributed by atoms with Crippen molar-refractivity contribution in [3.05, 3.63) is 30.3 Å². The Labute approximate surface area is 75.4 Å². The highest BCUT2D eigenvalue weighted by atomic mass is 16.5. The Hall–Kier alpha value is -1.78. The molecular formula is C8H10N2O3. The Morgan fingerprint density at radius 3 is 3.31 bits per heavy atom. The van der Waals surface area contributed by atoms with Gasteiger partial charge in [0.15, 0.2) is 5.76 Å². The van der Waals surface area contributed by atoms with Gasteiger partial charge in [0.25, 0.3) is 0 Å². The SMILES string of the molecule is COC(=O)/C=C/NCc1ccno1. The number of methoxy groups -OCH3 is 1. The van der Waals surface area contributed by atoms with Gasteiger partial charge in [-0.15, -0.1) is 0 Å². The standard InChI is InChI=1S/C8H10N2O3/c1-12-8(11)3-4-9-6-7-2-5-10-13-7/h2-5,9H,6H2,1H3/b4-3+. The maximum atomic E-state index is 10.6. The van der Waals surface area contributed by atoms with E-state index in [0.29, 0.717) is 12.3 Å². The van der Waals surface area contributed by atoms with Crippen LogP contribution in [0.3, 0.4) is 0 Å². The molecule has 0 unspecified atom stereocenters. The van der Waals surface area contributed by atoms with Gasteiger partial charge in [0.1, 0.15) is 0 Å². The monoisotopic (exact) mass is 182 g/mol. The third-order valence-electron chi connectivity index (χ3n) is 1.31. The van der Waals surface area contributed by atoms with Crippen LogP contribution >= 0.6 is 0 Å². The third-order valence-corrected chi connectivity index (χ3v) is 1.31. The summed E-state index contributed by atoms with van der Waals surface area (Å²) in [5.41, 5.74) is 0. The van der Waals surface area contributed by atoms with E-state index in [2.05, 4.69) is 15.2 Å². The molecule has 0 radical (unpaired) electrons. The summed E-state index contributed by atoms with van der Waals surface area (Å²) in [5.74, 6) is 0.305. The van der Waals surface area contributed by atoms with Crippen molar-refractivity contribution < 1.29 is 14.1 Å². The van der Waals surface area contributed by atoms with Gasteiger partial charge in [-0.2, -0.15) is 0 Å². The van der Waals surface area contributed by atoms with Crippen LogP contribution in [-0.2, 0) is 16.1 Å². The Morgan fingerprint density at radius 2 is 2.69 bits per heavy atom. The van der Waals surface area contributed by atoms with E-state index >= 15 is 0 Å². The van der Waals surface area contributed by atoms with Crippen LogP contribution in [0, 0.1) is 0 Å². The molecule has 0 saturated heterocycles. The normalized spacial score (nSPS) is 10.2. The van der Waals surface area contributed by atoms with Gasteiger partial charge in [0.05, 0.1) is 19.9 Å². The Morgan fingerprint density at radius 1 is 1.85 bits per heavy atom. The molecule has 70 valence electrons. The number of ether oxygens (including phenoxy) is 1. The van der Waals surface area contributed by atoms with Crippen LogP contribution in [0.15, 0.2) is 29.1 Å². The number of aromatic nitrogens is 1. The summed E-state index contributed by atoms with van der Waals surface area (Å²) in [5, 5.41) is 6.36. The van der Waals surface area contributed by atoms with Gasteiger partial charge in [0.2, 0.25) is 0 Å². The van der Waals surface area contributed by atoms with Crippen molar-refractivity contribution >= 4 is 5.97 Å². The van der Waals surface area contributed by atoms with Gasteiger partial charge < -0.3 is 14.6 Å². The number of rotatable bonds is 4. The molecule has 0 aliphatic heterocycles. The van der Waals surface area contributed by atoms with E-state index < -0.39 is 5.97 Å². The molecule has 0 spiro atoms. The van der Waals surface area contributed by atoms with Gasteiger partial charge in [-0.05, 0) is 0 Å². The van der Waals surface area contributed by atoms with Crippen molar-refractivity contribution in [2.75, 3.05) is 7.11 Å². The van der Waals surface area contributed by atoms with Crippen LogP contribution < -0.4 is 5.32 Å². The van der Waals surface area contributed by atoms with Crippen LogP contribution in [-0.4, -0.2) is 18.2 Å². The molecule has 0 amide bonds. The highest BCUT2D eigenvalue weighted by Crippen LogP contribution is 1.94. The van der Waals surface area contributed by atoms with Crippen LogP contribution in [0.5, 0.6) is 0 Å². The van der Waals surface area contributed by atoms with Crippen molar-refractivity contribution in [3.8, 4) is 0 Å². The quantitative estimate of drug-likeness (QED) is 0.541. The minimum Gasteiger partial charge on any atom is -0.466 e. The fraction of sp³-hybridized carbons (Fsp3) is 0.250. The van der Waals surface area contributed by atoms with E-state index in [-0.39, 0.29) is 0 Å². The van der Waals surface area contributed by atoms with Gasteiger partial charge >= 0.3 is 5.97 Å². The van der Waals surface area contributed by atoms with Crippen molar-refractivity contribution in [3.63, 3.8) is 0 Å². The molecule has 1 rings (SSSR count). The smallest absolute Gasteiger partial charge is 0.331 e. The lowest BCUT2D eigenvalue weighted by Gasteiger charge is -1.94. The van der Waals surface area contributed by atoms with E-state index in [1.54, 1.807) is 12.3 Å². The maximum absolute atomic E-state index is 10.6. The van der Waals surface area contributed by atoms with Crippen molar-refractivity contribution in [1.82, 2.24) is 10.5 Å². The maximum Gasteiger partial charge on any atom is 0.331 e. The molecule has 5 nitrogen and oxygen atoms in total. The van der Waals surface area contributed by atoms with E-state index in [9.17, 15) is 4.79 Å². The molecule has 0 aromatic carbocycles. The molecule has 0 aliphatic carbocycles. The number of carbonyl (C=O) groups is 1. The van der Waals surface area contributed by atoms with E-state index in [0.717, 1.165) is 0 Å². The fourth-order valence-corrected chi connectivity index (χ4v) is 0.688. The number of carbonyl (C=O) groups excluding carboxylic acids is 1. The second kappa shape index (κ2) is 4.97. The average Bonchev–Trinajstić information content (AvgIpc) is 2.64. The average molecular weight is 182 g/mol. The summed E-state index contributed by atoms with van der Waals surface area (Å²) in [7, 11) is 1.32. The largest absolute Gasteiger partial charge is 0.466 e. The van der Waals surface area contributed by atoms with E-state index in [1.807, 2.05) is 0 Å². The van der Waals surface area contributed by atoms with Crippen molar-refractivity contribution in [2.24, 2.45) is 0 Å². The second-order valence-corrected chi connectivity index (χ2v) is 2.22. The summed E-state index contributed by atoms with van der Waals surface area (Å²) in [6.07, 6.45) is 4.34. The number of nitrogens with one attached hydrogen (secondary N) is 1. The lowest BCUT2D eigenvalue weighted by Crippen LogP contribution is -2.05. The van der Waals surface area contributed by atoms with Gasteiger partial charge in [0, 0.05) is 18.3 Å². The first-order valence-corrected chi connectivity index (χ1v) is 3.70. The van der Waals surface area contributed by atoms with Crippen LogP contribution in [0.4, 0.5) is 0 Å². The molecule has 13 heavy (non-hydrogen) atoms. The van der Waals surface area contributed by atoms with Gasteiger partial charge in [-0.1, -0.05) is 5.16 Å². The molecule has 0 saturated carbocycles. The summed E-state index contributed by atoms with van der Waals surface area (Å²) in [4.78, 5) is 10.6. The molecule has 0 bridgehead atoms. The summed E-state index contributed by atoms with van der Waals surface area (Å²) < 4.78 is 9.19. The Balaban J connectivity index is 2.21. The second-order valence-electron chi connectivity index (χ2n) is 2.22. The topological polar surface area (TPSA) is 64.4 Å².